The molecule has 0 aliphatic carbocycles. The van der Waals surface area contributed by atoms with E-state index in [2.05, 4.69) is 15.9 Å². The summed E-state index contributed by atoms with van der Waals surface area (Å²) >= 11 is 1.41. The van der Waals surface area contributed by atoms with Gasteiger partial charge in [0.1, 0.15) is 11.0 Å². The summed E-state index contributed by atoms with van der Waals surface area (Å²) in [4.78, 5) is 20.3. The number of aromatic nitrogens is 3. The van der Waals surface area contributed by atoms with Gasteiger partial charge in [0.2, 0.25) is 0 Å². The third-order valence-electron chi connectivity index (χ3n) is 3.18. The zero-order chi connectivity index (χ0) is 14.1. The molecule has 0 unspecified atom stereocenters. The molecule has 20 heavy (non-hydrogen) atoms. The number of rotatable bonds is 3. The Hall–Kier alpha value is -2.19. The maximum Gasteiger partial charge on any atom is 0.278 e. The summed E-state index contributed by atoms with van der Waals surface area (Å²) in [6.07, 6.45) is 5.30. The number of thioether (sulfide) groups is 1. The fourth-order valence-electron chi connectivity index (χ4n) is 2.27. The average molecular weight is 283 g/mol. The molecule has 0 atom stereocenters. The molecule has 2 aromatic heterocycles. The average Bonchev–Trinajstić information content (AvgIpc) is 2.84. The summed E-state index contributed by atoms with van der Waals surface area (Å²) in [6, 6.07) is 7.79. The molecule has 0 fully saturated rings. The fraction of sp³-hybridized carbons (Fsp3) is 0.200. The highest BCUT2D eigenvalue weighted by Gasteiger charge is 2.14. The highest BCUT2D eigenvalue weighted by atomic mass is 32.2. The fourth-order valence-corrected chi connectivity index (χ4v) is 3.01. The number of nitrogens with one attached hydrogen (secondary N) is 1. The van der Waals surface area contributed by atoms with E-state index in [4.69, 9.17) is 6.42 Å². The Bertz CT molecular complexity index is 886. The molecule has 0 saturated heterocycles. The van der Waals surface area contributed by atoms with Crippen LogP contribution in [0.4, 0.5) is 0 Å². The summed E-state index contributed by atoms with van der Waals surface area (Å²) < 4.78 is 1.65. The number of terminal acetylenes is 1. The number of hydrogen-bond donors (Lipinski definition) is 1. The smallest absolute Gasteiger partial charge is 0.278 e. The van der Waals surface area contributed by atoms with Gasteiger partial charge in [-0.05, 0) is 13.0 Å². The lowest BCUT2D eigenvalue weighted by Crippen LogP contribution is -2.22. The molecule has 1 aromatic carbocycles. The van der Waals surface area contributed by atoms with Crippen molar-refractivity contribution in [2.24, 2.45) is 0 Å². The van der Waals surface area contributed by atoms with Gasteiger partial charge in [0.05, 0.1) is 5.75 Å². The largest absolute Gasteiger partial charge is 0.349 e. The number of hydrogen-bond acceptors (Lipinski definition) is 3. The molecular formula is C15H13N3OS. The van der Waals surface area contributed by atoms with E-state index < -0.39 is 0 Å². The van der Waals surface area contributed by atoms with Gasteiger partial charge >= 0.3 is 0 Å². The lowest BCUT2D eigenvalue weighted by molar-refractivity contribution is 0.634. The molecule has 100 valence electrons. The molecule has 4 nitrogen and oxygen atoms in total. The van der Waals surface area contributed by atoms with Crippen molar-refractivity contribution in [3.05, 3.63) is 34.6 Å². The molecule has 0 spiro atoms. The van der Waals surface area contributed by atoms with Crippen LogP contribution in [0.25, 0.3) is 21.9 Å². The molecule has 3 aromatic rings. The van der Waals surface area contributed by atoms with E-state index in [1.165, 1.54) is 11.8 Å². The van der Waals surface area contributed by atoms with Crippen LogP contribution in [0.15, 0.2) is 34.2 Å². The first kappa shape index (κ1) is 12.8. The van der Waals surface area contributed by atoms with Crippen molar-refractivity contribution >= 4 is 33.7 Å². The molecule has 0 radical (unpaired) electrons. The molecule has 0 amide bonds. The molecule has 1 N–H and O–H groups in total. The van der Waals surface area contributed by atoms with Crippen molar-refractivity contribution in [2.45, 2.75) is 18.6 Å². The zero-order valence-electron chi connectivity index (χ0n) is 11.0. The van der Waals surface area contributed by atoms with Gasteiger partial charge in [0, 0.05) is 17.4 Å². The quantitative estimate of drug-likeness (QED) is 0.457. The first-order valence-corrected chi connectivity index (χ1v) is 7.32. The summed E-state index contributed by atoms with van der Waals surface area (Å²) in [5.41, 5.74) is 2.15. The van der Waals surface area contributed by atoms with Crippen molar-refractivity contribution in [2.75, 3.05) is 5.75 Å². The van der Waals surface area contributed by atoms with Crippen LogP contribution in [0.3, 0.4) is 0 Å². The predicted molar refractivity (Wildman–Crippen MR) is 83.1 cm³/mol. The van der Waals surface area contributed by atoms with Gasteiger partial charge in [-0.2, -0.15) is 0 Å². The Kier molecular flexibility index (Phi) is 3.25. The number of H-pyrrole nitrogens is 1. The van der Waals surface area contributed by atoms with Crippen molar-refractivity contribution in [3.63, 3.8) is 0 Å². The van der Waals surface area contributed by atoms with E-state index >= 15 is 0 Å². The molecule has 0 bridgehead atoms. The Labute approximate surface area is 120 Å². The minimum Gasteiger partial charge on any atom is -0.349 e. The Morgan fingerprint density at radius 2 is 2.25 bits per heavy atom. The van der Waals surface area contributed by atoms with Crippen molar-refractivity contribution in [1.29, 1.82) is 0 Å². The molecule has 0 aliphatic heterocycles. The normalized spacial score (nSPS) is 11.0. The van der Waals surface area contributed by atoms with Crippen LogP contribution in [0, 0.1) is 12.3 Å². The minimum atomic E-state index is -0.0479. The lowest BCUT2D eigenvalue weighted by atomic mass is 10.2. The standard InChI is InChI=1S/C15H13N3OS/c1-3-9-20-15-17-12-10-7-5-6-8-11(10)16-13(12)14(19)18(15)4-2/h1,5-8,16H,4,9H2,2H3. The van der Waals surface area contributed by atoms with Crippen molar-refractivity contribution in [3.8, 4) is 12.3 Å². The van der Waals surface area contributed by atoms with E-state index in [0.29, 0.717) is 23.0 Å². The van der Waals surface area contributed by atoms with Crippen LogP contribution in [-0.2, 0) is 6.54 Å². The van der Waals surface area contributed by atoms with Crippen molar-refractivity contribution in [1.82, 2.24) is 14.5 Å². The maximum absolute atomic E-state index is 12.5. The summed E-state index contributed by atoms with van der Waals surface area (Å²) in [5, 5.41) is 1.64. The van der Waals surface area contributed by atoms with E-state index in [9.17, 15) is 4.79 Å². The van der Waals surface area contributed by atoms with Crippen LogP contribution in [0.2, 0.25) is 0 Å². The second-order valence-electron chi connectivity index (χ2n) is 4.33. The number of para-hydroxylation sites is 1. The van der Waals surface area contributed by atoms with Crippen LogP contribution in [0.1, 0.15) is 6.92 Å². The molecule has 0 aliphatic rings. The van der Waals surface area contributed by atoms with E-state index in [-0.39, 0.29) is 5.56 Å². The van der Waals surface area contributed by atoms with Gasteiger partial charge in [-0.15, -0.1) is 6.42 Å². The summed E-state index contributed by atoms with van der Waals surface area (Å²) in [7, 11) is 0. The van der Waals surface area contributed by atoms with Gasteiger partial charge in [-0.25, -0.2) is 4.98 Å². The number of fused-ring (bicyclic) bond motifs is 3. The molecule has 0 saturated carbocycles. The maximum atomic E-state index is 12.5. The van der Waals surface area contributed by atoms with Crippen LogP contribution < -0.4 is 5.56 Å². The van der Waals surface area contributed by atoms with Gasteiger partial charge < -0.3 is 4.98 Å². The topological polar surface area (TPSA) is 50.7 Å². The minimum absolute atomic E-state index is 0.0479. The third-order valence-corrected chi connectivity index (χ3v) is 4.06. The van der Waals surface area contributed by atoms with E-state index in [1.807, 2.05) is 31.2 Å². The third kappa shape index (κ3) is 1.89. The first-order valence-electron chi connectivity index (χ1n) is 6.33. The predicted octanol–water partition coefficient (Wildman–Crippen LogP) is 2.62. The van der Waals surface area contributed by atoms with Crippen LogP contribution >= 0.6 is 11.8 Å². The molecular weight excluding hydrogens is 270 g/mol. The van der Waals surface area contributed by atoms with Crippen LogP contribution in [0.5, 0.6) is 0 Å². The summed E-state index contributed by atoms with van der Waals surface area (Å²) in [6.45, 7) is 2.50. The van der Waals surface area contributed by atoms with Gasteiger partial charge in [-0.3, -0.25) is 9.36 Å². The second kappa shape index (κ2) is 5.06. The molecule has 3 rings (SSSR count). The number of nitrogens with zero attached hydrogens (tertiary/aromatic N) is 2. The Morgan fingerprint density at radius 1 is 1.45 bits per heavy atom. The van der Waals surface area contributed by atoms with E-state index in [1.54, 1.807) is 4.57 Å². The van der Waals surface area contributed by atoms with Gasteiger partial charge in [-0.1, -0.05) is 35.9 Å². The van der Waals surface area contributed by atoms with Crippen molar-refractivity contribution < 1.29 is 0 Å². The lowest BCUT2D eigenvalue weighted by Gasteiger charge is -2.08. The monoisotopic (exact) mass is 283 g/mol. The zero-order valence-corrected chi connectivity index (χ0v) is 11.8. The first-order chi connectivity index (χ1) is 9.76. The van der Waals surface area contributed by atoms with Gasteiger partial charge in [0.15, 0.2) is 5.16 Å². The van der Waals surface area contributed by atoms with Crippen LogP contribution in [-0.4, -0.2) is 20.3 Å². The number of aromatic amines is 1. The summed E-state index contributed by atoms with van der Waals surface area (Å²) in [5.74, 6) is 3.07. The highest BCUT2D eigenvalue weighted by molar-refractivity contribution is 7.99. The second-order valence-corrected chi connectivity index (χ2v) is 5.27. The number of benzene rings is 1. The molecule has 2 heterocycles. The van der Waals surface area contributed by atoms with Gasteiger partial charge in [0.25, 0.3) is 5.56 Å². The Balaban J connectivity index is 2.37. The van der Waals surface area contributed by atoms with E-state index in [0.717, 1.165) is 16.4 Å². The highest BCUT2D eigenvalue weighted by Crippen LogP contribution is 2.24. The molecule has 5 heteroatoms. The Morgan fingerprint density at radius 3 is 3.00 bits per heavy atom. The SMILES string of the molecule is C#CCSc1nc2c([nH]c3ccccc32)c(=O)n1CC.